The first-order chi connectivity index (χ1) is 13.0. The highest BCUT2D eigenvalue weighted by Gasteiger charge is 2.60. The first-order valence-electron chi connectivity index (χ1n) is 9.96. The van der Waals surface area contributed by atoms with Crippen molar-refractivity contribution in [3.63, 3.8) is 0 Å². The van der Waals surface area contributed by atoms with Crippen molar-refractivity contribution in [1.29, 1.82) is 0 Å². The molecule has 0 spiro atoms. The summed E-state index contributed by atoms with van der Waals surface area (Å²) < 4.78 is 10.7. The molecule has 2 fully saturated rings. The minimum atomic E-state index is -0.875. The maximum Gasteiger partial charge on any atom is 0.234 e. The van der Waals surface area contributed by atoms with E-state index in [1.54, 1.807) is 0 Å². The zero-order valence-corrected chi connectivity index (χ0v) is 16.6. The van der Waals surface area contributed by atoms with E-state index in [9.17, 15) is 9.90 Å². The van der Waals surface area contributed by atoms with Crippen LogP contribution in [-0.4, -0.2) is 67.7 Å². The van der Waals surface area contributed by atoms with Gasteiger partial charge >= 0.3 is 0 Å². The molecular formula is C21H32N2O4. The second-order valence-corrected chi connectivity index (χ2v) is 7.74. The summed E-state index contributed by atoms with van der Waals surface area (Å²) in [6, 6.07) is 8.81. The van der Waals surface area contributed by atoms with Crippen LogP contribution in [0, 0.1) is 12.8 Å². The quantitative estimate of drug-likeness (QED) is 0.605. The lowest BCUT2D eigenvalue weighted by atomic mass is 9.94. The number of piperidine rings is 1. The summed E-state index contributed by atoms with van der Waals surface area (Å²) in [6.07, 6.45) is -0.360. The van der Waals surface area contributed by atoms with Crippen LogP contribution in [0.5, 0.6) is 0 Å². The van der Waals surface area contributed by atoms with E-state index in [4.69, 9.17) is 9.47 Å². The smallest absolute Gasteiger partial charge is 0.234 e. The van der Waals surface area contributed by atoms with Gasteiger partial charge in [0.1, 0.15) is 6.10 Å². The van der Waals surface area contributed by atoms with E-state index >= 15 is 0 Å². The van der Waals surface area contributed by atoms with Crippen LogP contribution in [0.4, 0.5) is 0 Å². The molecular weight excluding hydrogens is 344 g/mol. The topological polar surface area (TPSA) is 71.0 Å². The Bertz CT molecular complexity index is 630. The van der Waals surface area contributed by atoms with E-state index in [1.165, 1.54) is 17.5 Å². The number of aliphatic hydroxyl groups excluding tert-OH is 1. The Morgan fingerprint density at radius 2 is 1.96 bits per heavy atom. The van der Waals surface area contributed by atoms with E-state index in [1.807, 2.05) is 13.8 Å². The summed E-state index contributed by atoms with van der Waals surface area (Å²) in [5, 5.41) is 13.0. The van der Waals surface area contributed by atoms with Gasteiger partial charge in [0.15, 0.2) is 6.29 Å². The molecule has 2 N–H and O–H groups in total. The van der Waals surface area contributed by atoms with E-state index in [-0.39, 0.29) is 17.9 Å². The van der Waals surface area contributed by atoms with Crippen LogP contribution in [0.3, 0.4) is 0 Å². The minimum absolute atomic E-state index is 0.0684. The van der Waals surface area contributed by atoms with Crippen LogP contribution in [0.25, 0.3) is 0 Å². The van der Waals surface area contributed by atoms with Crippen molar-refractivity contribution in [2.75, 3.05) is 39.4 Å². The zero-order chi connectivity index (χ0) is 19.4. The van der Waals surface area contributed by atoms with Crippen molar-refractivity contribution in [3.8, 4) is 0 Å². The first-order valence-corrected chi connectivity index (χ1v) is 9.96. The molecule has 6 heteroatoms. The van der Waals surface area contributed by atoms with Crippen LogP contribution >= 0.6 is 0 Å². The lowest BCUT2D eigenvalue weighted by Crippen LogP contribution is -2.45. The summed E-state index contributed by atoms with van der Waals surface area (Å²) in [7, 11) is 0. The highest BCUT2D eigenvalue weighted by atomic mass is 16.7. The number of rotatable bonds is 10. The number of amides is 1. The normalized spacial score (nSPS) is 25.4. The van der Waals surface area contributed by atoms with Gasteiger partial charge in [-0.25, -0.2) is 0 Å². The van der Waals surface area contributed by atoms with Crippen molar-refractivity contribution in [2.45, 2.75) is 45.0 Å². The molecule has 0 bridgehead atoms. The van der Waals surface area contributed by atoms with Crippen molar-refractivity contribution in [3.05, 3.63) is 35.4 Å². The molecule has 1 aromatic carbocycles. The summed E-state index contributed by atoms with van der Waals surface area (Å²) in [6.45, 7) is 9.08. The number of nitrogens with one attached hydrogen (secondary N) is 1. The number of aliphatic hydroxyl groups is 1. The molecule has 1 aliphatic heterocycles. The summed E-state index contributed by atoms with van der Waals surface area (Å²) >= 11 is 0. The van der Waals surface area contributed by atoms with Crippen LogP contribution in [-0.2, 0) is 19.7 Å². The largest absolute Gasteiger partial charge is 0.386 e. The van der Waals surface area contributed by atoms with Crippen molar-refractivity contribution in [2.24, 2.45) is 5.92 Å². The maximum atomic E-state index is 12.3. The van der Waals surface area contributed by atoms with Gasteiger partial charge in [0.25, 0.3) is 0 Å². The monoisotopic (exact) mass is 376 g/mol. The summed E-state index contributed by atoms with van der Waals surface area (Å²) in [5.41, 5.74) is 2.91. The van der Waals surface area contributed by atoms with Gasteiger partial charge < -0.3 is 19.9 Å². The maximum absolute atomic E-state index is 12.3. The van der Waals surface area contributed by atoms with Crippen LogP contribution in [0.2, 0.25) is 0 Å². The number of nitrogens with zero attached hydrogens (tertiary/aromatic N) is 1. The van der Waals surface area contributed by atoms with Gasteiger partial charge in [0.05, 0.1) is 6.54 Å². The highest BCUT2D eigenvalue weighted by Crippen LogP contribution is 2.58. The molecule has 1 heterocycles. The molecule has 27 heavy (non-hydrogen) atoms. The van der Waals surface area contributed by atoms with Gasteiger partial charge in [-0.1, -0.05) is 29.8 Å². The Labute approximate surface area is 161 Å². The number of carbonyl (C=O) groups excluding carboxylic acids is 1. The Hall–Kier alpha value is -1.47. The Morgan fingerprint density at radius 1 is 1.30 bits per heavy atom. The lowest BCUT2D eigenvalue weighted by molar-refractivity contribution is -0.188. The molecule has 3 rings (SSSR count). The van der Waals surface area contributed by atoms with Crippen LogP contribution in [0.1, 0.15) is 31.4 Å². The first kappa shape index (κ1) is 20.3. The Morgan fingerprint density at radius 3 is 2.59 bits per heavy atom. The molecule has 150 valence electrons. The third kappa shape index (κ3) is 4.69. The molecule has 1 amide bonds. The molecule has 3 unspecified atom stereocenters. The third-order valence-corrected chi connectivity index (χ3v) is 5.69. The highest BCUT2D eigenvalue weighted by molar-refractivity contribution is 5.78. The van der Waals surface area contributed by atoms with E-state index in [0.29, 0.717) is 25.7 Å². The molecule has 2 aliphatic rings. The van der Waals surface area contributed by atoms with Crippen molar-refractivity contribution >= 4 is 5.91 Å². The number of fused-ring (bicyclic) bond motifs is 1. The van der Waals surface area contributed by atoms with Gasteiger partial charge in [-0.3, -0.25) is 9.69 Å². The van der Waals surface area contributed by atoms with E-state index in [2.05, 4.69) is 41.4 Å². The van der Waals surface area contributed by atoms with Gasteiger partial charge in [-0.05, 0) is 38.7 Å². The molecule has 3 atom stereocenters. The number of benzene rings is 1. The summed E-state index contributed by atoms with van der Waals surface area (Å²) in [5.74, 6) is 0.583. The van der Waals surface area contributed by atoms with E-state index in [0.717, 1.165) is 13.1 Å². The second-order valence-electron chi connectivity index (χ2n) is 7.74. The predicted molar refractivity (Wildman–Crippen MR) is 103 cm³/mol. The second kappa shape index (κ2) is 8.69. The van der Waals surface area contributed by atoms with Gasteiger partial charge in [0.2, 0.25) is 5.91 Å². The van der Waals surface area contributed by atoms with Crippen LogP contribution < -0.4 is 5.32 Å². The summed E-state index contributed by atoms with van der Waals surface area (Å²) in [4.78, 5) is 14.5. The van der Waals surface area contributed by atoms with Crippen molar-refractivity contribution < 1.29 is 19.4 Å². The van der Waals surface area contributed by atoms with Crippen molar-refractivity contribution in [1.82, 2.24) is 10.2 Å². The standard InChI is InChI=1S/C21H32N2O4/c1-4-26-20(27-5-2)18(24)11-22-19(25)13-23-12-17-10-21(17,14-23)16-8-6-15(3)7-9-16/h6-9,17-18,20,24H,4-5,10-14H2,1-3H3,(H,22,25). The Kier molecular flexibility index (Phi) is 6.52. The molecule has 6 nitrogen and oxygen atoms in total. The fourth-order valence-corrected chi connectivity index (χ4v) is 4.21. The fraction of sp³-hybridized carbons (Fsp3) is 0.667. The average Bonchev–Trinajstić information content (AvgIpc) is 3.22. The fourth-order valence-electron chi connectivity index (χ4n) is 4.21. The average molecular weight is 376 g/mol. The van der Waals surface area contributed by atoms with Gasteiger partial charge in [-0.15, -0.1) is 0 Å². The van der Waals surface area contributed by atoms with Gasteiger partial charge in [-0.2, -0.15) is 0 Å². The predicted octanol–water partition coefficient (Wildman–Crippen LogP) is 1.44. The lowest BCUT2D eigenvalue weighted by Gasteiger charge is -2.24. The number of carbonyl (C=O) groups is 1. The van der Waals surface area contributed by atoms with E-state index < -0.39 is 12.4 Å². The molecule has 0 radical (unpaired) electrons. The number of aryl methyl sites for hydroxylation is 1. The van der Waals surface area contributed by atoms with Gasteiger partial charge in [0, 0.05) is 38.3 Å². The SMILES string of the molecule is CCOC(OCC)C(O)CNC(=O)CN1CC2CC2(c2ccc(C)cc2)C1. The molecule has 1 aliphatic carbocycles. The number of hydrogen-bond acceptors (Lipinski definition) is 5. The Balaban J connectivity index is 1.45. The number of likely N-dealkylation sites (tertiary alicyclic amines) is 1. The molecule has 1 saturated heterocycles. The number of ether oxygens (including phenoxy) is 2. The molecule has 0 aromatic heterocycles. The minimum Gasteiger partial charge on any atom is -0.386 e. The molecule has 1 aromatic rings. The molecule has 1 saturated carbocycles. The van der Waals surface area contributed by atoms with Crippen LogP contribution in [0.15, 0.2) is 24.3 Å². The number of hydrogen-bond donors (Lipinski definition) is 2. The third-order valence-electron chi connectivity index (χ3n) is 5.69. The zero-order valence-electron chi connectivity index (χ0n) is 16.6.